The Kier molecular flexibility index (Phi) is 9.47. The highest BCUT2D eigenvalue weighted by Crippen LogP contribution is 2.69. The molecule has 0 radical (unpaired) electrons. The number of rotatable bonds is 9. The van der Waals surface area contributed by atoms with Gasteiger partial charge in [0.1, 0.15) is 0 Å². The lowest BCUT2D eigenvalue weighted by Crippen LogP contribution is -2.40. The monoisotopic (exact) mass is 499 g/mol. The van der Waals surface area contributed by atoms with E-state index in [1.54, 1.807) is 57.8 Å². The topological polar surface area (TPSA) is 23.5 Å². The third-order valence-corrected chi connectivity index (χ3v) is 13.2. The van der Waals surface area contributed by atoms with Gasteiger partial charge in [0, 0.05) is 13.1 Å². The maximum absolute atomic E-state index is 10.00. The van der Waals surface area contributed by atoms with Crippen molar-refractivity contribution < 1.29 is 5.21 Å². The van der Waals surface area contributed by atoms with Crippen LogP contribution in [0.2, 0.25) is 0 Å². The van der Waals surface area contributed by atoms with Crippen LogP contribution >= 0.6 is 0 Å². The molecule has 0 aromatic rings. The predicted molar refractivity (Wildman–Crippen MR) is 152 cm³/mol. The van der Waals surface area contributed by atoms with E-state index in [2.05, 4.69) is 13.8 Å². The molecule has 2 unspecified atom stereocenters. The van der Waals surface area contributed by atoms with Crippen molar-refractivity contribution in [2.24, 2.45) is 52.8 Å². The first-order chi connectivity index (χ1) is 17.6. The molecule has 0 aromatic carbocycles. The quantitative estimate of drug-likeness (QED) is 0.319. The lowest BCUT2D eigenvalue weighted by Gasteiger charge is -2.48. The second-order valence-electron chi connectivity index (χ2n) is 14.7. The normalized spacial score (nSPS) is 41.2. The summed E-state index contributed by atoms with van der Waals surface area (Å²) in [4.78, 5) is 0. The second kappa shape index (κ2) is 12.4. The minimum Gasteiger partial charge on any atom is -0.314 e. The fraction of sp³-hybridized carbons (Fsp3) is 1.00. The van der Waals surface area contributed by atoms with Gasteiger partial charge >= 0.3 is 0 Å². The molecule has 2 heteroatoms. The molecule has 0 amide bonds. The van der Waals surface area contributed by atoms with Crippen LogP contribution in [0.3, 0.4) is 0 Å². The zero-order chi connectivity index (χ0) is 25.1. The summed E-state index contributed by atoms with van der Waals surface area (Å²) in [5, 5.41) is 11.5. The molecule has 208 valence electrons. The Hall–Kier alpha value is -0.0800. The molecule has 0 saturated heterocycles. The Morgan fingerprint density at radius 2 is 1.08 bits per heavy atom. The first kappa shape index (κ1) is 27.5. The van der Waals surface area contributed by atoms with Crippen LogP contribution in [0, 0.1) is 52.8 Å². The van der Waals surface area contributed by atoms with E-state index in [0.717, 1.165) is 47.3 Å². The van der Waals surface area contributed by atoms with Crippen molar-refractivity contribution in [3.63, 3.8) is 0 Å². The molecule has 2 nitrogen and oxygen atoms in total. The molecule has 0 spiro atoms. The van der Waals surface area contributed by atoms with Crippen molar-refractivity contribution in [1.29, 1.82) is 0 Å². The Bertz CT molecular complexity index is 652. The molecular formula is C34H61NO. The van der Waals surface area contributed by atoms with E-state index >= 15 is 0 Å². The first-order valence-corrected chi connectivity index (χ1v) is 17.0. The number of hydroxylamine groups is 2. The number of fused-ring (bicyclic) bond motifs is 3. The summed E-state index contributed by atoms with van der Waals surface area (Å²) in [5.41, 5.74) is 0.676. The number of unbranched alkanes of at least 4 members (excludes halogenated alkanes) is 2. The molecule has 1 N–H and O–H groups in total. The fourth-order valence-electron chi connectivity index (χ4n) is 11.4. The van der Waals surface area contributed by atoms with Gasteiger partial charge in [0.2, 0.25) is 0 Å². The Morgan fingerprint density at radius 1 is 0.611 bits per heavy atom. The maximum Gasteiger partial charge on any atom is 0.0347 e. The summed E-state index contributed by atoms with van der Waals surface area (Å²) in [6.07, 6.45) is 31.1. The average molecular weight is 500 g/mol. The number of nitrogens with zero attached hydrogens (tertiary/aromatic N) is 1. The summed E-state index contributed by atoms with van der Waals surface area (Å²) in [6, 6.07) is 0.414. The van der Waals surface area contributed by atoms with Crippen LogP contribution < -0.4 is 0 Å². The van der Waals surface area contributed by atoms with Crippen molar-refractivity contribution in [2.75, 3.05) is 7.05 Å². The third kappa shape index (κ3) is 5.48. The van der Waals surface area contributed by atoms with Crippen LogP contribution in [0.4, 0.5) is 0 Å². The van der Waals surface area contributed by atoms with Gasteiger partial charge in [-0.2, -0.15) is 5.06 Å². The van der Waals surface area contributed by atoms with Gasteiger partial charge in [0.25, 0.3) is 0 Å². The molecule has 36 heavy (non-hydrogen) atoms. The lowest BCUT2D eigenvalue weighted by molar-refractivity contribution is -0.116. The van der Waals surface area contributed by atoms with Gasteiger partial charge in [0.05, 0.1) is 0 Å². The molecular weight excluding hydrogens is 438 g/mol. The van der Waals surface area contributed by atoms with Crippen LogP contribution in [0.25, 0.3) is 0 Å². The molecule has 6 atom stereocenters. The van der Waals surface area contributed by atoms with Crippen LogP contribution in [-0.2, 0) is 0 Å². The molecule has 0 heterocycles. The molecule has 5 rings (SSSR count). The van der Waals surface area contributed by atoms with E-state index in [0.29, 0.717) is 11.5 Å². The largest absolute Gasteiger partial charge is 0.314 e. The van der Waals surface area contributed by atoms with Gasteiger partial charge in [-0.15, -0.1) is 0 Å². The number of hydrogen-bond acceptors (Lipinski definition) is 2. The van der Waals surface area contributed by atoms with Crippen LogP contribution in [0.1, 0.15) is 149 Å². The highest BCUT2D eigenvalue weighted by atomic mass is 16.5. The third-order valence-electron chi connectivity index (χ3n) is 13.2. The van der Waals surface area contributed by atoms with Gasteiger partial charge < -0.3 is 5.21 Å². The molecule has 5 aliphatic rings. The second-order valence-corrected chi connectivity index (χ2v) is 14.7. The van der Waals surface area contributed by atoms with Crippen molar-refractivity contribution in [1.82, 2.24) is 5.06 Å². The lowest BCUT2D eigenvalue weighted by atomic mass is 9.57. The summed E-state index contributed by atoms with van der Waals surface area (Å²) in [7, 11) is 1.87. The van der Waals surface area contributed by atoms with E-state index in [-0.39, 0.29) is 0 Å². The SMILES string of the molecule is CCCCC1(CCCC)C2C[C@@H](C3CCC(N(C)O)CC3)CC[C@H]2[C@H]2CC[C@@H](C3CCCCC3)CC21. The van der Waals surface area contributed by atoms with E-state index in [1.807, 2.05) is 7.05 Å². The average Bonchev–Trinajstić information content (AvgIpc) is 3.19. The highest BCUT2D eigenvalue weighted by molar-refractivity contribution is 5.10. The highest BCUT2D eigenvalue weighted by Gasteiger charge is 2.61. The van der Waals surface area contributed by atoms with Gasteiger partial charge in [0.15, 0.2) is 0 Å². The van der Waals surface area contributed by atoms with E-state index in [4.69, 9.17) is 0 Å². The minimum absolute atomic E-state index is 0.414. The summed E-state index contributed by atoms with van der Waals surface area (Å²) >= 11 is 0. The van der Waals surface area contributed by atoms with Crippen molar-refractivity contribution in [3.8, 4) is 0 Å². The zero-order valence-corrected chi connectivity index (χ0v) is 24.4. The van der Waals surface area contributed by atoms with Crippen LogP contribution in [-0.4, -0.2) is 23.4 Å². The molecule has 5 aliphatic carbocycles. The van der Waals surface area contributed by atoms with Crippen LogP contribution in [0.5, 0.6) is 0 Å². The van der Waals surface area contributed by atoms with E-state index in [9.17, 15) is 5.21 Å². The molecule has 0 bridgehead atoms. The van der Waals surface area contributed by atoms with Gasteiger partial charge in [-0.05, 0) is 130 Å². The molecule has 0 aromatic heterocycles. The Balaban J connectivity index is 1.36. The van der Waals surface area contributed by atoms with Crippen molar-refractivity contribution in [3.05, 3.63) is 0 Å². The zero-order valence-electron chi connectivity index (χ0n) is 24.4. The van der Waals surface area contributed by atoms with E-state index in [1.165, 1.54) is 82.1 Å². The summed E-state index contributed by atoms with van der Waals surface area (Å²) in [5.74, 6) is 8.29. The summed E-state index contributed by atoms with van der Waals surface area (Å²) < 4.78 is 0. The van der Waals surface area contributed by atoms with Gasteiger partial charge in [-0.25, -0.2) is 0 Å². The van der Waals surface area contributed by atoms with Gasteiger partial charge in [-0.3, -0.25) is 0 Å². The first-order valence-electron chi connectivity index (χ1n) is 17.0. The van der Waals surface area contributed by atoms with Gasteiger partial charge in [-0.1, -0.05) is 71.6 Å². The molecule has 5 fully saturated rings. The van der Waals surface area contributed by atoms with Crippen molar-refractivity contribution >= 4 is 0 Å². The molecule has 0 aliphatic heterocycles. The van der Waals surface area contributed by atoms with Crippen LogP contribution in [0.15, 0.2) is 0 Å². The smallest absolute Gasteiger partial charge is 0.0347 e. The van der Waals surface area contributed by atoms with Crippen molar-refractivity contribution in [2.45, 2.75) is 155 Å². The van der Waals surface area contributed by atoms with E-state index < -0.39 is 0 Å². The fourth-order valence-corrected chi connectivity index (χ4v) is 11.4. The summed E-state index contributed by atoms with van der Waals surface area (Å²) in [6.45, 7) is 4.90. The Labute approximate surface area is 224 Å². The molecule has 5 saturated carbocycles. The predicted octanol–water partition coefficient (Wildman–Crippen LogP) is 9.89. The minimum atomic E-state index is 0.414. The standard InChI is InChI=1S/C34H61NO/c1-4-6-21-34(22-7-5-2)32-23-27(25-11-9-8-10-12-25)15-19-30(32)31-20-16-28(24-33(31)34)26-13-17-29(18-14-26)35(3)36/h25-33,36H,4-24H2,1-3H3/t26?,27-,28+,29?,30-,31+,32?,33?/m1/s1. The maximum atomic E-state index is 10.00. The Morgan fingerprint density at radius 3 is 1.56 bits per heavy atom. The number of hydrogen-bond donors (Lipinski definition) is 1.